The van der Waals surface area contributed by atoms with Crippen molar-refractivity contribution < 1.29 is 23.9 Å². The predicted molar refractivity (Wildman–Crippen MR) is 113 cm³/mol. The van der Waals surface area contributed by atoms with Crippen molar-refractivity contribution in [3.05, 3.63) is 48.0 Å². The van der Waals surface area contributed by atoms with Gasteiger partial charge in [-0.3, -0.25) is 14.4 Å². The Morgan fingerprint density at radius 2 is 1.83 bits per heavy atom. The number of rotatable bonds is 5. The monoisotopic (exact) mass is 411 g/mol. The lowest BCUT2D eigenvalue weighted by Crippen LogP contribution is -2.45. The molecule has 0 saturated carbocycles. The molecule has 2 aromatic rings. The third kappa shape index (κ3) is 4.22. The van der Waals surface area contributed by atoms with Gasteiger partial charge in [0.25, 0.3) is 5.91 Å². The normalized spacial score (nSPS) is 15.5. The first-order valence-electron chi connectivity index (χ1n) is 9.54. The van der Waals surface area contributed by atoms with Crippen LogP contribution in [0, 0.1) is 0 Å². The fourth-order valence-electron chi connectivity index (χ4n) is 3.51. The molecule has 0 aliphatic carbocycles. The number of nitrogens with one attached hydrogen (secondary N) is 1. The van der Waals surface area contributed by atoms with Crippen LogP contribution < -0.4 is 19.7 Å². The molecule has 1 heterocycles. The van der Waals surface area contributed by atoms with Crippen molar-refractivity contribution in [1.82, 2.24) is 4.90 Å². The molecule has 0 fully saturated rings. The van der Waals surface area contributed by atoms with E-state index in [0.29, 0.717) is 28.4 Å². The first-order chi connectivity index (χ1) is 14.3. The Balaban J connectivity index is 1.81. The zero-order valence-corrected chi connectivity index (χ0v) is 17.5. The van der Waals surface area contributed by atoms with Crippen molar-refractivity contribution in [2.45, 2.75) is 19.4 Å². The number of likely N-dealkylation sites (N-methyl/N-ethyl adjacent to an activating group) is 1. The molecule has 158 valence electrons. The van der Waals surface area contributed by atoms with Crippen molar-refractivity contribution in [2.24, 2.45) is 0 Å². The summed E-state index contributed by atoms with van der Waals surface area (Å²) >= 11 is 0. The molecule has 0 radical (unpaired) electrons. The van der Waals surface area contributed by atoms with E-state index in [4.69, 9.17) is 9.47 Å². The molecule has 3 rings (SSSR count). The number of anilines is 2. The first kappa shape index (κ1) is 21.2. The van der Waals surface area contributed by atoms with Crippen LogP contribution in [0.5, 0.6) is 11.5 Å². The van der Waals surface area contributed by atoms with Crippen LogP contribution in [0.2, 0.25) is 0 Å². The van der Waals surface area contributed by atoms with E-state index in [1.807, 2.05) is 13.0 Å². The number of fused-ring (bicyclic) bond motifs is 1. The molecule has 0 aromatic heterocycles. The second-order valence-corrected chi connectivity index (χ2v) is 7.11. The summed E-state index contributed by atoms with van der Waals surface area (Å²) in [5, 5.41) is 2.82. The Hall–Kier alpha value is -3.55. The van der Waals surface area contributed by atoms with Gasteiger partial charge in [0.1, 0.15) is 6.54 Å². The maximum absolute atomic E-state index is 13.1. The number of carbonyl (C=O) groups is 3. The summed E-state index contributed by atoms with van der Waals surface area (Å²) in [6, 6.07) is 11.6. The van der Waals surface area contributed by atoms with Crippen molar-refractivity contribution in [3.63, 3.8) is 0 Å². The van der Waals surface area contributed by atoms with Crippen LogP contribution in [-0.2, 0) is 9.59 Å². The van der Waals surface area contributed by atoms with Gasteiger partial charge in [-0.05, 0) is 37.3 Å². The number of ether oxygens (including phenoxy) is 2. The number of methoxy groups -OCH3 is 2. The lowest BCUT2D eigenvalue weighted by atomic mass is 10.1. The van der Waals surface area contributed by atoms with E-state index in [1.165, 1.54) is 19.1 Å². The molecule has 8 heteroatoms. The first-order valence-corrected chi connectivity index (χ1v) is 9.54. The Kier molecular flexibility index (Phi) is 6.25. The fourth-order valence-corrected chi connectivity index (χ4v) is 3.51. The van der Waals surface area contributed by atoms with Gasteiger partial charge in [0.05, 0.1) is 25.6 Å². The summed E-state index contributed by atoms with van der Waals surface area (Å²) < 4.78 is 10.4. The Bertz CT molecular complexity index is 975. The molecule has 30 heavy (non-hydrogen) atoms. The van der Waals surface area contributed by atoms with E-state index in [-0.39, 0.29) is 36.7 Å². The SMILES string of the molecule is COc1ccc(C(=O)N(C)CC(=O)N2c3ccccc3NC(=O)CC2C)cc1OC. The molecule has 1 unspecified atom stereocenters. The smallest absolute Gasteiger partial charge is 0.254 e. The number of carbonyl (C=O) groups excluding carboxylic acids is 3. The molecule has 1 aliphatic heterocycles. The summed E-state index contributed by atoms with van der Waals surface area (Å²) in [4.78, 5) is 41.1. The topological polar surface area (TPSA) is 88.2 Å². The van der Waals surface area contributed by atoms with Gasteiger partial charge >= 0.3 is 0 Å². The highest BCUT2D eigenvalue weighted by Crippen LogP contribution is 2.31. The van der Waals surface area contributed by atoms with Gasteiger partial charge in [-0.1, -0.05) is 12.1 Å². The van der Waals surface area contributed by atoms with E-state index in [1.54, 1.807) is 48.3 Å². The van der Waals surface area contributed by atoms with Gasteiger partial charge in [0, 0.05) is 25.1 Å². The molecular formula is C22H25N3O5. The average molecular weight is 411 g/mol. The van der Waals surface area contributed by atoms with E-state index in [9.17, 15) is 14.4 Å². The maximum Gasteiger partial charge on any atom is 0.254 e. The number of benzene rings is 2. The molecule has 2 aromatic carbocycles. The quantitative estimate of drug-likeness (QED) is 0.817. The molecule has 3 amide bonds. The van der Waals surface area contributed by atoms with Crippen LogP contribution in [0.3, 0.4) is 0 Å². The van der Waals surface area contributed by atoms with E-state index >= 15 is 0 Å². The molecule has 0 spiro atoms. The van der Waals surface area contributed by atoms with Crippen molar-refractivity contribution in [2.75, 3.05) is 38.0 Å². The van der Waals surface area contributed by atoms with Crippen LogP contribution in [0.25, 0.3) is 0 Å². The highest BCUT2D eigenvalue weighted by molar-refractivity contribution is 6.06. The van der Waals surface area contributed by atoms with Gasteiger partial charge in [-0.25, -0.2) is 0 Å². The summed E-state index contributed by atoms with van der Waals surface area (Å²) in [6.07, 6.45) is 0.174. The second-order valence-electron chi connectivity index (χ2n) is 7.11. The number of hydrogen-bond donors (Lipinski definition) is 1. The fraction of sp³-hybridized carbons (Fsp3) is 0.318. The van der Waals surface area contributed by atoms with Crippen LogP contribution >= 0.6 is 0 Å². The second kappa shape index (κ2) is 8.86. The van der Waals surface area contributed by atoms with Crippen LogP contribution in [-0.4, -0.2) is 56.5 Å². The number of nitrogens with zero attached hydrogens (tertiary/aromatic N) is 2. The number of para-hydroxylation sites is 2. The summed E-state index contributed by atoms with van der Waals surface area (Å²) in [5.41, 5.74) is 1.57. The third-order valence-corrected chi connectivity index (χ3v) is 4.98. The summed E-state index contributed by atoms with van der Waals surface area (Å²) in [5.74, 6) is 0.194. The highest BCUT2D eigenvalue weighted by Gasteiger charge is 2.30. The lowest BCUT2D eigenvalue weighted by Gasteiger charge is -2.29. The van der Waals surface area contributed by atoms with Crippen LogP contribution in [0.1, 0.15) is 23.7 Å². The van der Waals surface area contributed by atoms with Gasteiger partial charge in [0.15, 0.2) is 11.5 Å². The predicted octanol–water partition coefficient (Wildman–Crippen LogP) is 2.54. The van der Waals surface area contributed by atoms with Crippen molar-refractivity contribution in [3.8, 4) is 11.5 Å². The molecule has 8 nitrogen and oxygen atoms in total. The minimum absolute atomic E-state index is 0.139. The van der Waals surface area contributed by atoms with Gasteiger partial charge in [-0.15, -0.1) is 0 Å². The highest BCUT2D eigenvalue weighted by atomic mass is 16.5. The zero-order valence-electron chi connectivity index (χ0n) is 17.5. The Morgan fingerprint density at radius 1 is 1.13 bits per heavy atom. The van der Waals surface area contributed by atoms with E-state index in [0.717, 1.165) is 0 Å². The molecular weight excluding hydrogens is 386 g/mol. The maximum atomic E-state index is 13.1. The molecule has 1 N–H and O–H groups in total. The Labute approximate surface area is 175 Å². The number of hydrogen-bond acceptors (Lipinski definition) is 5. The van der Waals surface area contributed by atoms with Crippen molar-refractivity contribution in [1.29, 1.82) is 0 Å². The summed E-state index contributed by atoms with van der Waals surface area (Å²) in [6.45, 7) is 1.68. The van der Waals surface area contributed by atoms with Gasteiger partial charge < -0.3 is 24.6 Å². The van der Waals surface area contributed by atoms with E-state index in [2.05, 4.69) is 5.32 Å². The van der Waals surface area contributed by atoms with Crippen LogP contribution in [0.15, 0.2) is 42.5 Å². The third-order valence-electron chi connectivity index (χ3n) is 4.98. The zero-order chi connectivity index (χ0) is 21.8. The van der Waals surface area contributed by atoms with Crippen LogP contribution in [0.4, 0.5) is 11.4 Å². The molecule has 1 atom stereocenters. The molecule has 1 aliphatic rings. The molecule has 0 saturated heterocycles. The van der Waals surface area contributed by atoms with E-state index < -0.39 is 0 Å². The molecule has 0 bridgehead atoms. The number of amides is 3. The minimum atomic E-state index is -0.342. The lowest BCUT2D eigenvalue weighted by molar-refractivity contribution is -0.119. The van der Waals surface area contributed by atoms with Gasteiger partial charge in [-0.2, -0.15) is 0 Å². The Morgan fingerprint density at radius 3 is 2.53 bits per heavy atom. The average Bonchev–Trinajstić information content (AvgIpc) is 2.86. The minimum Gasteiger partial charge on any atom is -0.493 e. The standard InChI is InChI=1S/C22H25N3O5/c1-14-11-20(26)23-16-7-5-6-8-17(16)25(14)21(27)13-24(2)22(28)15-9-10-18(29-3)19(12-15)30-4/h5-10,12,14H,11,13H2,1-4H3,(H,23,26). The summed E-state index contributed by atoms with van der Waals surface area (Å²) in [7, 11) is 4.57. The largest absolute Gasteiger partial charge is 0.493 e. The van der Waals surface area contributed by atoms with Gasteiger partial charge in [0.2, 0.25) is 11.8 Å². The van der Waals surface area contributed by atoms with Crippen molar-refractivity contribution >= 4 is 29.1 Å².